The van der Waals surface area contributed by atoms with Gasteiger partial charge >= 0.3 is 6.09 Å². The molecule has 0 spiro atoms. The van der Waals surface area contributed by atoms with Gasteiger partial charge in [0.1, 0.15) is 11.8 Å². The molecule has 1 amide bonds. The number of benzene rings is 1. The topological polar surface area (TPSA) is 62.2 Å². The molecule has 1 atom stereocenters. The number of aliphatic hydroxyl groups is 1. The Morgan fingerprint density at radius 1 is 1.33 bits per heavy atom. The number of nitrogens with zero attached hydrogens (tertiary/aromatic N) is 2. The van der Waals surface area contributed by atoms with Crippen molar-refractivity contribution in [3.63, 3.8) is 0 Å². The number of halogens is 2. The van der Waals surface area contributed by atoms with E-state index < -0.39 is 17.9 Å². The average molecular weight is 468 g/mol. The van der Waals surface area contributed by atoms with Crippen molar-refractivity contribution in [2.45, 2.75) is 39.1 Å². The molecule has 24 heavy (non-hydrogen) atoms. The maximum absolute atomic E-state index is 12.5. The van der Waals surface area contributed by atoms with Gasteiger partial charge in [-0.3, -0.25) is 4.90 Å². The molecule has 1 aromatic carbocycles. The number of amides is 1. The lowest BCUT2D eigenvalue weighted by atomic mass is 10.2. The van der Waals surface area contributed by atoms with E-state index in [0.29, 0.717) is 0 Å². The van der Waals surface area contributed by atoms with E-state index in [2.05, 4.69) is 31.9 Å². The van der Waals surface area contributed by atoms with Crippen LogP contribution >= 0.6 is 31.9 Å². The first kappa shape index (κ1) is 21.4. The summed E-state index contributed by atoms with van der Waals surface area (Å²) in [6, 6.07) is 5.71. The lowest BCUT2D eigenvalue weighted by Gasteiger charge is -2.31. The summed E-state index contributed by atoms with van der Waals surface area (Å²) in [6.07, 6.45) is -1.48. The third-order valence-electron chi connectivity index (χ3n) is 3.11. The molecule has 136 valence electrons. The minimum absolute atomic E-state index is 0.0399. The Morgan fingerprint density at radius 3 is 2.50 bits per heavy atom. The monoisotopic (exact) mass is 466 g/mol. The van der Waals surface area contributed by atoms with Crippen LogP contribution in [0.4, 0.5) is 4.79 Å². The summed E-state index contributed by atoms with van der Waals surface area (Å²) in [6.45, 7) is 5.73. The van der Waals surface area contributed by atoms with Crippen LogP contribution in [0.2, 0.25) is 0 Å². The first-order chi connectivity index (χ1) is 11.0. The van der Waals surface area contributed by atoms with Crippen molar-refractivity contribution >= 4 is 38.0 Å². The van der Waals surface area contributed by atoms with Crippen LogP contribution in [0.3, 0.4) is 0 Å². The number of aliphatic hydroxyl groups excluding tert-OH is 1. The number of hydrogen-bond acceptors (Lipinski definition) is 5. The second kappa shape index (κ2) is 9.15. The Bertz CT molecular complexity index is 563. The highest BCUT2D eigenvalue weighted by atomic mass is 79.9. The third-order valence-corrected chi connectivity index (χ3v) is 4.38. The fraction of sp³-hybridized carbons (Fsp3) is 0.562. The molecule has 0 saturated carbocycles. The number of ether oxygens (including phenoxy) is 1. The molecule has 1 N–H and O–H groups in total. The van der Waals surface area contributed by atoms with E-state index in [1.54, 1.807) is 27.8 Å². The lowest BCUT2D eigenvalue weighted by molar-refractivity contribution is -0.207. The van der Waals surface area contributed by atoms with Gasteiger partial charge in [0.2, 0.25) is 0 Å². The molecule has 0 aliphatic carbocycles. The fourth-order valence-electron chi connectivity index (χ4n) is 1.83. The van der Waals surface area contributed by atoms with E-state index in [0.717, 1.165) is 14.5 Å². The number of hydrogen-bond donors (Lipinski definition) is 1. The molecular weight excluding hydrogens is 444 g/mol. The summed E-state index contributed by atoms with van der Waals surface area (Å²) in [4.78, 5) is 18.9. The van der Waals surface area contributed by atoms with Crippen molar-refractivity contribution in [2.24, 2.45) is 0 Å². The van der Waals surface area contributed by atoms with Crippen LogP contribution in [0.1, 0.15) is 26.3 Å². The quantitative estimate of drug-likeness (QED) is 0.509. The van der Waals surface area contributed by atoms with Crippen molar-refractivity contribution in [1.82, 2.24) is 9.96 Å². The fourth-order valence-corrected chi connectivity index (χ4v) is 2.61. The van der Waals surface area contributed by atoms with Crippen molar-refractivity contribution in [3.8, 4) is 0 Å². The summed E-state index contributed by atoms with van der Waals surface area (Å²) < 4.78 is 7.22. The van der Waals surface area contributed by atoms with Crippen LogP contribution in [0.15, 0.2) is 27.1 Å². The van der Waals surface area contributed by atoms with E-state index in [-0.39, 0.29) is 13.1 Å². The van der Waals surface area contributed by atoms with E-state index in [1.807, 2.05) is 18.2 Å². The Balaban J connectivity index is 2.99. The van der Waals surface area contributed by atoms with Crippen molar-refractivity contribution in [3.05, 3.63) is 32.7 Å². The third kappa shape index (κ3) is 7.06. The summed E-state index contributed by atoms with van der Waals surface area (Å²) in [5.74, 6) is 0. The zero-order valence-corrected chi connectivity index (χ0v) is 17.7. The molecule has 0 radical (unpaired) electrons. The van der Waals surface area contributed by atoms with Crippen LogP contribution in [0, 0.1) is 0 Å². The minimum atomic E-state index is -0.978. The standard InChI is InChI=1S/C16H24Br2N2O4/c1-16(2,3)24-15(22)20(10-14(21)19(4)23-5)9-11-8-12(17)6-7-13(11)18/h6-8,14,21H,9-10H2,1-5H3. The van der Waals surface area contributed by atoms with E-state index >= 15 is 0 Å². The molecule has 0 fully saturated rings. The predicted octanol–water partition coefficient (Wildman–Crippen LogP) is 3.76. The molecule has 0 aliphatic rings. The molecule has 1 unspecified atom stereocenters. The number of rotatable bonds is 6. The Kier molecular flexibility index (Phi) is 8.14. The summed E-state index contributed by atoms with van der Waals surface area (Å²) in [5.41, 5.74) is 0.268. The molecule has 8 heteroatoms. The Morgan fingerprint density at radius 2 is 1.96 bits per heavy atom. The first-order valence-corrected chi connectivity index (χ1v) is 8.99. The summed E-state index contributed by atoms with van der Waals surface area (Å²) in [5, 5.41) is 11.4. The first-order valence-electron chi connectivity index (χ1n) is 7.40. The van der Waals surface area contributed by atoms with Crippen molar-refractivity contribution in [1.29, 1.82) is 0 Å². The second-order valence-electron chi connectivity index (χ2n) is 6.31. The van der Waals surface area contributed by atoms with Gasteiger partial charge in [-0.25, -0.2) is 4.79 Å². The van der Waals surface area contributed by atoms with Crippen LogP contribution in [0.5, 0.6) is 0 Å². The van der Waals surface area contributed by atoms with E-state index in [9.17, 15) is 9.90 Å². The number of carbonyl (C=O) groups excluding carboxylic acids is 1. The second-order valence-corrected chi connectivity index (χ2v) is 8.08. The van der Waals surface area contributed by atoms with Crippen molar-refractivity contribution in [2.75, 3.05) is 20.7 Å². The van der Waals surface area contributed by atoms with Gasteiger partial charge in [0.25, 0.3) is 0 Å². The molecular formula is C16H24Br2N2O4. The van der Waals surface area contributed by atoms with Crippen LogP contribution in [-0.2, 0) is 16.1 Å². The smallest absolute Gasteiger partial charge is 0.410 e. The number of hydroxylamine groups is 2. The lowest BCUT2D eigenvalue weighted by Crippen LogP contribution is -2.45. The highest BCUT2D eigenvalue weighted by Crippen LogP contribution is 2.24. The Hall–Kier alpha value is -0.670. The zero-order chi connectivity index (χ0) is 18.5. The predicted molar refractivity (Wildman–Crippen MR) is 99.3 cm³/mol. The van der Waals surface area contributed by atoms with Crippen LogP contribution in [0.25, 0.3) is 0 Å². The van der Waals surface area contributed by atoms with E-state index in [1.165, 1.54) is 17.1 Å². The van der Waals surface area contributed by atoms with Crippen molar-refractivity contribution < 1.29 is 19.5 Å². The van der Waals surface area contributed by atoms with Gasteiger partial charge in [-0.05, 0) is 44.5 Å². The minimum Gasteiger partial charge on any atom is -0.444 e. The molecule has 0 aliphatic heterocycles. The SMILES string of the molecule is CON(C)C(O)CN(Cc1cc(Br)ccc1Br)C(=O)OC(C)(C)C. The molecule has 1 aromatic rings. The number of carbonyl (C=O) groups is 1. The largest absolute Gasteiger partial charge is 0.444 e. The van der Waals surface area contributed by atoms with Gasteiger partial charge in [-0.1, -0.05) is 31.9 Å². The van der Waals surface area contributed by atoms with Gasteiger partial charge in [-0.2, -0.15) is 5.06 Å². The maximum Gasteiger partial charge on any atom is 0.410 e. The molecule has 0 saturated heterocycles. The highest BCUT2D eigenvalue weighted by molar-refractivity contribution is 9.11. The normalized spacial score (nSPS) is 13.0. The van der Waals surface area contributed by atoms with Gasteiger partial charge in [0.05, 0.1) is 20.2 Å². The molecule has 0 heterocycles. The zero-order valence-electron chi connectivity index (χ0n) is 14.5. The Labute approximate surface area is 159 Å². The van der Waals surface area contributed by atoms with Gasteiger partial charge in [0.15, 0.2) is 0 Å². The number of likely N-dealkylation sites (N-methyl/N-ethyl adjacent to an activating group) is 1. The van der Waals surface area contributed by atoms with E-state index in [4.69, 9.17) is 9.57 Å². The highest BCUT2D eigenvalue weighted by Gasteiger charge is 2.26. The maximum atomic E-state index is 12.5. The van der Waals surface area contributed by atoms with Gasteiger partial charge in [-0.15, -0.1) is 0 Å². The summed E-state index contributed by atoms with van der Waals surface area (Å²) in [7, 11) is 3.04. The van der Waals surface area contributed by atoms with Gasteiger partial charge < -0.3 is 14.7 Å². The molecule has 0 aromatic heterocycles. The molecule has 6 nitrogen and oxygen atoms in total. The average Bonchev–Trinajstić information content (AvgIpc) is 2.47. The van der Waals surface area contributed by atoms with Crippen LogP contribution < -0.4 is 0 Å². The molecule has 0 bridgehead atoms. The molecule has 1 rings (SSSR count). The summed E-state index contributed by atoms with van der Waals surface area (Å²) >= 11 is 6.91. The van der Waals surface area contributed by atoms with Crippen LogP contribution in [-0.4, -0.2) is 53.7 Å². The van der Waals surface area contributed by atoms with Gasteiger partial charge in [0, 0.05) is 16.0 Å².